The molecule has 2 rings (SSSR count). The second-order valence-corrected chi connectivity index (χ2v) is 10.6. The Balaban J connectivity index is 2.15. The number of nitrogens with zero attached hydrogens (tertiary/aromatic N) is 2. The summed E-state index contributed by atoms with van der Waals surface area (Å²) in [6, 6.07) is 5.38. The summed E-state index contributed by atoms with van der Waals surface area (Å²) in [6.07, 6.45) is 2.48. The molecule has 1 aromatic rings. The number of hydrogen-bond donors (Lipinski definition) is 2. The molecule has 0 bridgehead atoms. The van der Waals surface area contributed by atoms with E-state index in [1.165, 1.54) is 0 Å². The fourth-order valence-corrected chi connectivity index (χ4v) is 4.14. The van der Waals surface area contributed by atoms with E-state index in [0.29, 0.717) is 25.8 Å². The van der Waals surface area contributed by atoms with Crippen LogP contribution in [0.1, 0.15) is 77.6 Å². The Morgan fingerprint density at radius 2 is 1.83 bits per heavy atom. The van der Waals surface area contributed by atoms with Crippen molar-refractivity contribution in [3.8, 4) is 5.75 Å². The third-order valence-corrected chi connectivity index (χ3v) is 6.13. The third-order valence-electron chi connectivity index (χ3n) is 6.13. The maximum atomic E-state index is 13.5. The van der Waals surface area contributed by atoms with E-state index < -0.39 is 23.5 Å². The molecule has 1 aromatic carbocycles. The van der Waals surface area contributed by atoms with E-state index in [4.69, 9.17) is 4.74 Å². The lowest BCUT2D eigenvalue weighted by atomic mass is 10.1. The minimum atomic E-state index is -0.766. The molecule has 1 saturated heterocycles. The molecule has 2 unspecified atom stereocenters. The van der Waals surface area contributed by atoms with Crippen LogP contribution in [0, 0.1) is 0 Å². The number of likely N-dealkylation sites (N-methyl/N-ethyl adjacent to an activating group) is 1. The zero-order chi connectivity index (χ0) is 27.0. The number of amides is 4. The molecule has 2 atom stereocenters. The number of carbonyl (C=O) groups is 4. The highest BCUT2D eigenvalue weighted by molar-refractivity contribution is 6.00. The first-order chi connectivity index (χ1) is 16.9. The number of hydrogen-bond acceptors (Lipinski definition) is 5. The highest BCUT2D eigenvalue weighted by Crippen LogP contribution is 2.23. The standard InChI is InChI=1S/C27H42N4O5/c1-8-12-20(25(34)31-16-11-14-21(31)26(35)30(7)18(2)3)28-24(33)19-13-9-10-15-22(19)36-17-23(32)29-27(4,5)6/h9-10,13,15,18,20-21H,8,11-12,14,16-17H2,1-7H3,(H,28,33)(H,29,32). The first kappa shape index (κ1) is 29.1. The van der Waals surface area contributed by atoms with Crippen LogP contribution in [-0.4, -0.2) is 77.3 Å². The molecule has 9 nitrogen and oxygen atoms in total. The van der Waals surface area contributed by atoms with E-state index in [2.05, 4.69) is 10.6 Å². The maximum Gasteiger partial charge on any atom is 0.258 e. The van der Waals surface area contributed by atoms with Gasteiger partial charge in [0.25, 0.3) is 11.8 Å². The van der Waals surface area contributed by atoms with Crippen molar-refractivity contribution in [3.05, 3.63) is 29.8 Å². The van der Waals surface area contributed by atoms with Crippen molar-refractivity contribution < 1.29 is 23.9 Å². The van der Waals surface area contributed by atoms with E-state index in [0.717, 1.165) is 6.42 Å². The lowest BCUT2D eigenvalue weighted by Crippen LogP contribution is -2.54. The number of ether oxygens (including phenoxy) is 1. The van der Waals surface area contributed by atoms with Gasteiger partial charge in [-0.3, -0.25) is 19.2 Å². The average Bonchev–Trinajstić information content (AvgIpc) is 3.30. The SMILES string of the molecule is CCCC(NC(=O)c1ccccc1OCC(=O)NC(C)(C)C)C(=O)N1CCCC1C(=O)N(C)C(C)C. The van der Waals surface area contributed by atoms with E-state index in [-0.39, 0.29) is 41.7 Å². The molecule has 36 heavy (non-hydrogen) atoms. The summed E-state index contributed by atoms with van der Waals surface area (Å²) in [6.45, 7) is 11.7. The topological polar surface area (TPSA) is 108 Å². The van der Waals surface area contributed by atoms with E-state index >= 15 is 0 Å². The van der Waals surface area contributed by atoms with Crippen LogP contribution in [-0.2, 0) is 14.4 Å². The number of carbonyl (C=O) groups excluding carboxylic acids is 4. The zero-order valence-electron chi connectivity index (χ0n) is 22.7. The van der Waals surface area contributed by atoms with E-state index in [1.807, 2.05) is 41.5 Å². The molecule has 1 fully saturated rings. The van der Waals surface area contributed by atoms with Gasteiger partial charge in [-0.2, -0.15) is 0 Å². The fraction of sp³-hybridized carbons (Fsp3) is 0.630. The van der Waals surface area contributed by atoms with E-state index in [9.17, 15) is 19.2 Å². The van der Waals surface area contributed by atoms with Crippen molar-refractivity contribution in [2.75, 3.05) is 20.2 Å². The molecule has 0 radical (unpaired) electrons. The van der Waals surface area contributed by atoms with Gasteiger partial charge in [-0.05, 0) is 66.0 Å². The minimum absolute atomic E-state index is 0.0307. The van der Waals surface area contributed by atoms with Crippen LogP contribution in [0.25, 0.3) is 0 Å². The quantitative estimate of drug-likeness (QED) is 0.512. The van der Waals surface area contributed by atoms with Crippen molar-refractivity contribution >= 4 is 23.6 Å². The Kier molecular flexibility index (Phi) is 10.3. The predicted octanol–water partition coefficient (Wildman–Crippen LogP) is 2.74. The van der Waals surface area contributed by atoms with Crippen molar-refractivity contribution in [2.45, 2.75) is 90.9 Å². The Labute approximate surface area is 214 Å². The van der Waals surface area contributed by atoms with Crippen LogP contribution < -0.4 is 15.4 Å². The number of rotatable bonds is 10. The monoisotopic (exact) mass is 502 g/mol. The number of benzene rings is 1. The van der Waals surface area contributed by atoms with Gasteiger partial charge >= 0.3 is 0 Å². The minimum Gasteiger partial charge on any atom is -0.483 e. The van der Waals surface area contributed by atoms with Gasteiger partial charge in [0.2, 0.25) is 11.8 Å². The molecular formula is C27H42N4O5. The molecule has 2 N–H and O–H groups in total. The van der Waals surface area contributed by atoms with E-state index in [1.54, 1.807) is 41.1 Å². The largest absolute Gasteiger partial charge is 0.483 e. The van der Waals surface area contributed by atoms with Crippen LogP contribution in [0.2, 0.25) is 0 Å². The Hall–Kier alpha value is -3.10. The van der Waals surface area contributed by atoms with Crippen molar-refractivity contribution in [2.24, 2.45) is 0 Å². The highest BCUT2D eigenvalue weighted by Gasteiger charge is 2.39. The molecule has 0 spiro atoms. The molecule has 9 heteroatoms. The molecule has 1 aliphatic rings. The lowest BCUT2D eigenvalue weighted by Gasteiger charge is -2.32. The second kappa shape index (κ2) is 12.7. The van der Waals surface area contributed by atoms with Gasteiger partial charge in [0.05, 0.1) is 5.56 Å². The first-order valence-electron chi connectivity index (χ1n) is 12.8. The van der Waals surface area contributed by atoms with Gasteiger partial charge in [0.15, 0.2) is 6.61 Å². The molecule has 1 heterocycles. The van der Waals surface area contributed by atoms with Crippen LogP contribution >= 0.6 is 0 Å². The van der Waals surface area contributed by atoms with Crippen LogP contribution in [0.15, 0.2) is 24.3 Å². The Morgan fingerprint density at radius 1 is 1.17 bits per heavy atom. The van der Waals surface area contributed by atoms with Gasteiger partial charge in [-0.25, -0.2) is 0 Å². The second-order valence-electron chi connectivity index (χ2n) is 10.6. The summed E-state index contributed by atoms with van der Waals surface area (Å²) in [5.41, 5.74) is -0.160. The van der Waals surface area contributed by atoms with Crippen molar-refractivity contribution in [3.63, 3.8) is 0 Å². The fourth-order valence-electron chi connectivity index (χ4n) is 4.14. The first-order valence-corrected chi connectivity index (χ1v) is 12.8. The number of para-hydroxylation sites is 1. The van der Waals surface area contributed by atoms with Crippen LogP contribution in [0.4, 0.5) is 0 Å². The smallest absolute Gasteiger partial charge is 0.258 e. The molecule has 1 aliphatic heterocycles. The Bertz CT molecular complexity index is 940. The van der Waals surface area contributed by atoms with Crippen LogP contribution in [0.3, 0.4) is 0 Å². The molecule has 4 amide bonds. The predicted molar refractivity (Wildman–Crippen MR) is 139 cm³/mol. The molecule has 0 saturated carbocycles. The number of likely N-dealkylation sites (tertiary alicyclic amines) is 1. The number of nitrogens with one attached hydrogen (secondary N) is 2. The van der Waals surface area contributed by atoms with Gasteiger partial charge in [-0.15, -0.1) is 0 Å². The molecular weight excluding hydrogens is 460 g/mol. The van der Waals surface area contributed by atoms with Gasteiger partial charge in [0.1, 0.15) is 17.8 Å². The van der Waals surface area contributed by atoms with Gasteiger partial charge in [-0.1, -0.05) is 25.5 Å². The van der Waals surface area contributed by atoms with Crippen molar-refractivity contribution in [1.82, 2.24) is 20.4 Å². The van der Waals surface area contributed by atoms with Gasteiger partial charge < -0.3 is 25.2 Å². The van der Waals surface area contributed by atoms with Gasteiger partial charge in [0, 0.05) is 25.2 Å². The zero-order valence-corrected chi connectivity index (χ0v) is 22.7. The third kappa shape index (κ3) is 7.96. The average molecular weight is 503 g/mol. The summed E-state index contributed by atoms with van der Waals surface area (Å²) in [7, 11) is 1.75. The van der Waals surface area contributed by atoms with Crippen molar-refractivity contribution in [1.29, 1.82) is 0 Å². The summed E-state index contributed by atoms with van der Waals surface area (Å²) in [4.78, 5) is 55.1. The Morgan fingerprint density at radius 3 is 2.44 bits per heavy atom. The molecule has 200 valence electrons. The molecule has 0 aromatic heterocycles. The summed E-state index contributed by atoms with van der Waals surface area (Å²) < 4.78 is 5.65. The maximum absolute atomic E-state index is 13.5. The van der Waals surface area contributed by atoms with Crippen LogP contribution in [0.5, 0.6) is 5.75 Å². The summed E-state index contributed by atoms with van der Waals surface area (Å²) in [5, 5.41) is 5.67. The highest BCUT2D eigenvalue weighted by atomic mass is 16.5. The summed E-state index contributed by atoms with van der Waals surface area (Å²) >= 11 is 0. The summed E-state index contributed by atoms with van der Waals surface area (Å²) in [5.74, 6) is -0.830. The lowest BCUT2D eigenvalue weighted by molar-refractivity contribution is -0.145. The molecule has 0 aliphatic carbocycles. The normalized spacial score (nSPS) is 16.4.